The summed E-state index contributed by atoms with van der Waals surface area (Å²) in [6.07, 6.45) is 3.52. The van der Waals surface area contributed by atoms with Gasteiger partial charge in [-0.05, 0) is 26.3 Å². The van der Waals surface area contributed by atoms with E-state index < -0.39 is 0 Å². The molecule has 3 N–H and O–H groups in total. The number of ether oxygens (including phenoxy) is 1. The lowest BCUT2D eigenvalue weighted by Crippen LogP contribution is -2.37. The van der Waals surface area contributed by atoms with Crippen molar-refractivity contribution in [3.05, 3.63) is 12.3 Å². The van der Waals surface area contributed by atoms with Crippen LogP contribution in [0.4, 0.5) is 5.95 Å². The molecule has 1 heterocycles. The van der Waals surface area contributed by atoms with E-state index in [1.165, 1.54) is 0 Å². The molecule has 0 amide bonds. The van der Waals surface area contributed by atoms with Crippen LogP contribution in [0.15, 0.2) is 12.3 Å². The van der Waals surface area contributed by atoms with E-state index in [9.17, 15) is 0 Å². The van der Waals surface area contributed by atoms with Crippen molar-refractivity contribution in [1.82, 2.24) is 9.97 Å². The van der Waals surface area contributed by atoms with Crippen LogP contribution in [-0.4, -0.2) is 29.2 Å². The first-order valence-corrected chi connectivity index (χ1v) is 5.49. The van der Waals surface area contributed by atoms with Gasteiger partial charge in [0.1, 0.15) is 0 Å². The number of hydrogen-bond donors (Lipinski definition) is 2. The van der Waals surface area contributed by atoms with Gasteiger partial charge in [0.25, 0.3) is 0 Å². The molecule has 1 unspecified atom stereocenters. The number of nitrogens with one attached hydrogen (secondary N) is 1. The maximum absolute atomic E-state index is 5.59. The Morgan fingerprint density at radius 2 is 2.31 bits per heavy atom. The van der Waals surface area contributed by atoms with Gasteiger partial charge >= 0.3 is 0 Å². The molecule has 5 heteroatoms. The Balaban J connectivity index is 2.77. The van der Waals surface area contributed by atoms with Gasteiger partial charge in [-0.2, -0.15) is 4.98 Å². The predicted molar refractivity (Wildman–Crippen MR) is 64.6 cm³/mol. The average Bonchev–Trinajstić information content (AvgIpc) is 2.29. The molecule has 5 nitrogen and oxygen atoms in total. The molecule has 1 atom stereocenters. The van der Waals surface area contributed by atoms with Crippen LogP contribution in [0.5, 0.6) is 5.88 Å². The fraction of sp³-hybridized carbons (Fsp3) is 0.636. The lowest BCUT2D eigenvalue weighted by atomic mass is 9.95. The first-order chi connectivity index (χ1) is 7.63. The van der Waals surface area contributed by atoms with Gasteiger partial charge in [0.15, 0.2) is 0 Å². The zero-order chi connectivity index (χ0) is 12.0. The van der Waals surface area contributed by atoms with E-state index in [0.29, 0.717) is 18.4 Å². The highest BCUT2D eigenvalue weighted by molar-refractivity contribution is 5.31. The Kier molecular flexibility index (Phi) is 4.49. The third kappa shape index (κ3) is 3.34. The second-order valence-electron chi connectivity index (χ2n) is 4.00. The van der Waals surface area contributed by atoms with Crippen LogP contribution in [0.25, 0.3) is 0 Å². The van der Waals surface area contributed by atoms with Crippen molar-refractivity contribution in [2.45, 2.75) is 32.2 Å². The Bertz CT molecular complexity index is 332. The number of rotatable bonds is 6. The van der Waals surface area contributed by atoms with E-state index in [2.05, 4.69) is 29.1 Å². The highest BCUT2D eigenvalue weighted by Crippen LogP contribution is 2.19. The van der Waals surface area contributed by atoms with Crippen molar-refractivity contribution in [2.75, 3.05) is 19.0 Å². The van der Waals surface area contributed by atoms with Gasteiger partial charge in [0, 0.05) is 17.8 Å². The topological polar surface area (TPSA) is 73.1 Å². The minimum Gasteiger partial charge on any atom is -0.481 e. The highest BCUT2D eigenvalue weighted by Gasteiger charge is 2.21. The number of nitrogens with zero attached hydrogens (tertiary/aromatic N) is 2. The van der Waals surface area contributed by atoms with Gasteiger partial charge < -0.3 is 15.8 Å². The van der Waals surface area contributed by atoms with E-state index in [-0.39, 0.29) is 5.54 Å². The van der Waals surface area contributed by atoms with Gasteiger partial charge in [0.2, 0.25) is 11.8 Å². The van der Waals surface area contributed by atoms with E-state index in [1.807, 2.05) is 0 Å². The van der Waals surface area contributed by atoms with Gasteiger partial charge in [-0.25, -0.2) is 4.98 Å². The number of hydrogen-bond acceptors (Lipinski definition) is 5. The molecular formula is C11H20N4O. The van der Waals surface area contributed by atoms with E-state index >= 15 is 0 Å². The standard InChI is InChI=1S/C11H20N4O/c1-4-11(2,6-7-12)15-10-13-8-5-9(14-10)16-3/h5,8H,4,6-7,12H2,1-3H3,(H,13,14,15). The van der Waals surface area contributed by atoms with Crippen LogP contribution in [0.2, 0.25) is 0 Å². The zero-order valence-electron chi connectivity index (χ0n) is 10.2. The van der Waals surface area contributed by atoms with Crippen molar-refractivity contribution < 1.29 is 4.74 Å². The normalized spacial score (nSPS) is 14.2. The molecule has 16 heavy (non-hydrogen) atoms. The largest absolute Gasteiger partial charge is 0.481 e. The highest BCUT2D eigenvalue weighted by atomic mass is 16.5. The summed E-state index contributed by atoms with van der Waals surface area (Å²) in [5.74, 6) is 1.14. The maximum atomic E-state index is 5.59. The first kappa shape index (κ1) is 12.7. The van der Waals surface area contributed by atoms with Crippen LogP contribution in [0, 0.1) is 0 Å². The SMILES string of the molecule is CCC(C)(CCN)Nc1nccc(OC)n1. The quantitative estimate of drug-likeness (QED) is 0.764. The van der Waals surface area contributed by atoms with Crippen molar-refractivity contribution in [1.29, 1.82) is 0 Å². The summed E-state index contributed by atoms with van der Waals surface area (Å²) in [4.78, 5) is 8.38. The summed E-state index contributed by atoms with van der Waals surface area (Å²) in [7, 11) is 1.59. The van der Waals surface area contributed by atoms with Gasteiger partial charge in [-0.1, -0.05) is 6.92 Å². The summed E-state index contributed by atoms with van der Waals surface area (Å²) in [5.41, 5.74) is 5.53. The number of methoxy groups -OCH3 is 1. The molecule has 90 valence electrons. The number of anilines is 1. The molecule has 0 aliphatic carbocycles. The van der Waals surface area contributed by atoms with Crippen LogP contribution >= 0.6 is 0 Å². The molecule has 1 rings (SSSR count). The van der Waals surface area contributed by atoms with E-state index in [1.54, 1.807) is 19.4 Å². The molecule has 0 saturated heterocycles. The molecule has 1 aromatic heterocycles. The monoisotopic (exact) mass is 224 g/mol. The second kappa shape index (κ2) is 5.65. The van der Waals surface area contributed by atoms with Crippen LogP contribution in [0.3, 0.4) is 0 Å². The van der Waals surface area contributed by atoms with E-state index in [0.717, 1.165) is 12.8 Å². The summed E-state index contributed by atoms with van der Waals surface area (Å²) in [6.45, 7) is 4.87. The maximum Gasteiger partial charge on any atom is 0.226 e. The lowest BCUT2D eigenvalue weighted by molar-refractivity contribution is 0.395. The summed E-state index contributed by atoms with van der Waals surface area (Å²) in [5, 5.41) is 3.30. The molecule has 0 aliphatic heterocycles. The van der Waals surface area contributed by atoms with Crippen LogP contribution in [0.1, 0.15) is 26.7 Å². The Morgan fingerprint density at radius 1 is 1.56 bits per heavy atom. The predicted octanol–water partition coefficient (Wildman–Crippen LogP) is 1.41. The lowest BCUT2D eigenvalue weighted by Gasteiger charge is -2.29. The fourth-order valence-electron chi connectivity index (χ4n) is 1.43. The molecular weight excluding hydrogens is 204 g/mol. The smallest absolute Gasteiger partial charge is 0.226 e. The third-order valence-corrected chi connectivity index (χ3v) is 2.73. The van der Waals surface area contributed by atoms with Gasteiger partial charge in [0.05, 0.1) is 7.11 Å². The molecule has 0 radical (unpaired) electrons. The molecule has 1 aromatic rings. The third-order valence-electron chi connectivity index (χ3n) is 2.73. The van der Waals surface area contributed by atoms with Crippen molar-refractivity contribution >= 4 is 5.95 Å². The molecule has 0 aliphatic rings. The van der Waals surface area contributed by atoms with E-state index in [4.69, 9.17) is 10.5 Å². The van der Waals surface area contributed by atoms with Crippen molar-refractivity contribution in [3.8, 4) is 5.88 Å². The molecule has 0 bridgehead atoms. The van der Waals surface area contributed by atoms with Crippen molar-refractivity contribution in [3.63, 3.8) is 0 Å². The van der Waals surface area contributed by atoms with Crippen molar-refractivity contribution in [2.24, 2.45) is 5.73 Å². The molecule has 0 spiro atoms. The Hall–Kier alpha value is -1.36. The average molecular weight is 224 g/mol. The van der Waals surface area contributed by atoms with Gasteiger partial charge in [-0.15, -0.1) is 0 Å². The number of aromatic nitrogens is 2. The Labute approximate surface area is 96.4 Å². The summed E-state index contributed by atoms with van der Waals surface area (Å²) in [6, 6.07) is 1.72. The van der Waals surface area contributed by atoms with Crippen LogP contribution in [-0.2, 0) is 0 Å². The molecule has 0 aromatic carbocycles. The minimum absolute atomic E-state index is 0.0683. The minimum atomic E-state index is -0.0683. The van der Waals surface area contributed by atoms with Crippen LogP contribution < -0.4 is 15.8 Å². The van der Waals surface area contributed by atoms with Gasteiger partial charge in [-0.3, -0.25) is 0 Å². The second-order valence-corrected chi connectivity index (χ2v) is 4.00. The Morgan fingerprint density at radius 3 is 2.88 bits per heavy atom. The fourth-order valence-corrected chi connectivity index (χ4v) is 1.43. The first-order valence-electron chi connectivity index (χ1n) is 5.49. The molecule has 0 saturated carbocycles. The summed E-state index contributed by atoms with van der Waals surface area (Å²) >= 11 is 0. The molecule has 0 fully saturated rings. The number of nitrogens with two attached hydrogens (primary N) is 1. The summed E-state index contributed by atoms with van der Waals surface area (Å²) < 4.78 is 5.05. The zero-order valence-corrected chi connectivity index (χ0v) is 10.2.